The van der Waals surface area contributed by atoms with E-state index < -0.39 is 0 Å². The summed E-state index contributed by atoms with van der Waals surface area (Å²) >= 11 is 0. The van der Waals surface area contributed by atoms with Crippen LogP contribution in [0.2, 0.25) is 0 Å². The fourth-order valence-electron chi connectivity index (χ4n) is 2.66. The molecule has 1 aliphatic rings. The maximum Gasteiger partial charge on any atom is 0.118 e. The van der Waals surface area contributed by atoms with Crippen molar-refractivity contribution in [3.8, 4) is 0 Å². The van der Waals surface area contributed by atoms with Crippen molar-refractivity contribution in [1.82, 2.24) is 10.2 Å². The Bertz CT molecular complexity index is 480. The van der Waals surface area contributed by atoms with E-state index in [0.717, 1.165) is 37.7 Å². The Kier molecular flexibility index (Phi) is 5.28. The van der Waals surface area contributed by atoms with Gasteiger partial charge in [-0.15, -0.1) is 0 Å². The van der Waals surface area contributed by atoms with Crippen molar-refractivity contribution >= 4 is 0 Å². The van der Waals surface area contributed by atoms with Gasteiger partial charge in [0, 0.05) is 19.1 Å². The Hall–Kier alpha value is -1.06. The lowest BCUT2D eigenvalue weighted by molar-refractivity contribution is 0.247. The molecule has 118 valence electrons. The van der Waals surface area contributed by atoms with Crippen LogP contribution in [-0.2, 0) is 13.1 Å². The van der Waals surface area contributed by atoms with Crippen molar-refractivity contribution in [2.24, 2.45) is 5.41 Å². The van der Waals surface area contributed by atoms with Gasteiger partial charge < -0.3 is 9.73 Å². The molecule has 1 aromatic heterocycles. The van der Waals surface area contributed by atoms with Gasteiger partial charge in [-0.05, 0) is 24.0 Å². The van der Waals surface area contributed by atoms with Crippen molar-refractivity contribution < 1.29 is 4.42 Å². The summed E-state index contributed by atoms with van der Waals surface area (Å²) in [4.78, 5) is 2.45. The minimum Gasteiger partial charge on any atom is -0.463 e. The molecule has 0 saturated carbocycles. The highest BCUT2D eigenvalue weighted by molar-refractivity contribution is 5.15. The summed E-state index contributed by atoms with van der Waals surface area (Å²) in [5.41, 5.74) is 1.90. The van der Waals surface area contributed by atoms with Gasteiger partial charge in [-0.1, -0.05) is 46.3 Å². The average molecular weight is 290 g/mol. The van der Waals surface area contributed by atoms with E-state index in [4.69, 9.17) is 4.42 Å². The van der Waals surface area contributed by atoms with E-state index >= 15 is 0 Å². The van der Waals surface area contributed by atoms with Crippen LogP contribution in [0.5, 0.6) is 0 Å². The van der Waals surface area contributed by atoms with Gasteiger partial charge in [0.1, 0.15) is 11.5 Å². The van der Waals surface area contributed by atoms with Gasteiger partial charge in [0.15, 0.2) is 0 Å². The summed E-state index contributed by atoms with van der Waals surface area (Å²) in [6, 6.07) is 4.69. The first-order valence-electron chi connectivity index (χ1n) is 8.07. The highest BCUT2D eigenvalue weighted by Gasteiger charge is 2.21. The van der Waals surface area contributed by atoms with Gasteiger partial charge in [-0.3, -0.25) is 4.90 Å². The van der Waals surface area contributed by atoms with Crippen LogP contribution < -0.4 is 5.32 Å². The van der Waals surface area contributed by atoms with Crippen molar-refractivity contribution in [1.29, 1.82) is 0 Å². The topological polar surface area (TPSA) is 28.4 Å². The molecule has 1 N–H and O–H groups in total. The molecule has 0 spiro atoms. The van der Waals surface area contributed by atoms with Crippen LogP contribution in [0.15, 0.2) is 28.2 Å². The second kappa shape index (κ2) is 6.80. The Balaban J connectivity index is 1.85. The van der Waals surface area contributed by atoms with E-state index in [1.165, 1.54) is 6.42 Å². The molecular formula is C18H30N2O. The minimum atomic E-state index is 0.312. The molecule has 0 saturated heterocycles. The third-order valence-electron chi connectivity index (χ3n) is 4.04. The predicted octanol–water partition coefficient (Wildman–Crippen LogP) is 3.96. The molecule has 0 radical (unpaired) electrons. The van der Waals surface area contributed by atoms with E-state index in [0.29, 0.717) is 11.5 Å². The van der Waals surface area contributed by atoms with Gasteiger partial charge in [0.2, 0.25) is 0 Å². The Morgan fingerprint density at radius 3 is 2.52 bits per heavy atom. The minimum absolute atomic E-state index is 0.312. The van der Waals surface area contributed by atoms with E-state index in [1.807, 2.05) is 0 Å². The third-order valence-corrected chi connectivity index (χ3v) is 4.04. The lowest BCUT2D eigenvalue weighted by Crippen LogP contribution is -2.30. The summed E-state index contributed by atoms with van der Waals surface area (Å²) in [5, 5.41) is 3.38. The number of nitrogens with zero attached hydrogens (tertiary/aromatic N) is 1. The van der Waals surface area contributed by atoms with E-state index in [-0.39, 0.29) is 0 Å². The molecule has 0 bridgehead atoms. The smallest absolute Gasteiger partial charge is 0.118 e. The maximum atomic E-state index is 5.91. The van der Waals surface area contributed by atoms with Crippen LogP contribution in [0.3, 0.4) is 0 Å². The molecule has 0 unspecified atom stereocenters. The van der Waals surface area contributed by atoms with Crippen molar-refractivity contribution in [2.45, 2.75) is 60.2 Å². The van der Waals surface area contributed by atoms with Crippen LogP contribution in [-0.4, -0.2) is 24.0 Å². The molecule has 2 rings (SSSR count). The summed E-state index contributed by atoms with van der Waals surface area (Å²) < 4.78 is 5.91. The number of hydrogen-bond donors (Lipinski definition) is 1. The zero-order valence-electron chi connectivity index (χ0n) is 14.2. The van der Waals surface area contributed by atoms with Gasteiger partial charge in [-0.2, -0.15) is 0 Å². The molecular weight excluding hydrogens is 260 g/mol. The van der Waals surface area contributed by atoms with Crippen molar-refractivity contribution in [3.05, 3.63) is 35.3 Å². The highest BCUT2D eigenvalue weighted by atomic mass is 16.3. The fraction of sp³-hybridized carbons (Fsp3) is 0.667. The van der Waals surface area contributed by atoms with Crippen LogP contribution in [0, 0.1) is 5.41 Å². The molecule has 1 aliphatic heterocycles. The maximum absolute atomic E-state index is 5.91. The molecule has 0 aliphatic carbocycles. The zero-order chi connectivity index (χ0) is 15.5. The predicted molar refractivity (Wildman–Crippen MR) is 88.1 cm³/mol. The average Bonchev–Trinajstić information content (AvgIpc) is 2.83. The molecule has 0 amide bonds. The van der Waals surface area contributed by atoms with Crippen LogP contribution in [0.1, 0.15) is 52.6 Å². The third kappa shape index (κ3) is 5.01. The summed E-state index contributed by atoms with van der Waals surface area (Å²) in [6.07, 6.45) is 3.57. The Morgan fingerprint density at radius 1 is 1.24 bits per heavy atom. The van der Waals surface area contributed by atoms with E-state index in [9.17, 15) is 0 Å². The molecule has 0 fully saturated rings. The zero-order valence-corrected chi connectivity index (χ0v) is 14.2. The number of rotatable bonds is 5. The number of furan rings is 1. The quantitative estimate of drug-likeness (QED) is 0.832. The van der Waals surface area contributed by atoms with E-state index in [1.54, 1.807) is 5.57 Å². The standard InChI is InChI=1S/C18H30N2O/c1-14(2)19-12-16-6-7-17(21-16)13-20-10-8-15(9-11-20)18(3,4)5/h6-8,14,19H,9-13H2,1-5H3. The van der Waals surface area contributed by atoms with Crippen LogP contribution in [0.4, 0.5) is 0 Å². The second-order valence-corrected chi connectivity index (χ2v) is 7.37. The van der Waals surface area contributed by atoms with Gasteiger partial charge in [-0.25, -0.2) is 0 Å². The number of hydrogen-bond acceptors (Lipinski definition) is 3. The van der Waals surface area contributed by atoms with E-state index in [2.05, 4.69) is 63.0 Å². The summed E-state index contributed by atoms with van der Waals surface area (Å²) in [6.45, 7) is 15.1. The normalized spacial score (nSPS) is 17.3. The molecule has 0 atom stereocenters. The Labute approximate surface area is 129 Å². The SMILES string of the molecule is CC(C)NCc1ccc(CN2CC=C(C(C)(C)C)CC2)o1. The second-order valence-electron chi connectivity index (χ2n) is 7.37. The monoisotopic (exact) mass is 290 g/mol. The lowest BCUT2D eigenvalue weighted by Gasteiger charge is -2.31. The van der Waals surface area contributed by atoms with Gasteiger partial charge >= 0.3 is 0 Å². The van der Waals surface area contributed by atoms with Gasteiger partial charge in [0.05, 0.1) is 13.1 Å². The largest absolute Gasteiger partial charge is 0.463 e. The first-order valence-corrected chi connectivity index (χ1v) is 8.07. The molecule has 0 aromatic carbocycles. The molecule has 2 heterocycles. The van der Waals surface area contributed by atoms with Crippen LogP contribution in [0.25, 0.3) is 0 Å². The first-order chi connectivity index (χ1) is 9.84. The molecule has 3 nitrogen and oxygen atoms in total. The van der Waals surface area contributed by atoms with Crippen molar-refractivity contribution in [3.63, 3.8) is 0 Å². The van der Waals surface area contributed by atoms with Gasteiger partial charge in [0.25, 0.3) is 0 Å². The lowest BCUT2D eigenvalue weighted by atomic mass is 9.83. The molecule has 3 heteroatoms. The molecule has 1 aromatic rings. The Morgan fingerprint density at radius 2 is 1.95 bits per heavy atom. The summed E-state index contributed by atoms with van der Waals surface area (Å²) in [5.74, 6) is 2.10. The van der Waals surface area contributed by atoms with Crippen LogP contribution >= 0.6 is 0 Å². The first kappa shape index (κ1) is 16.3. The number of nitrogens with one attached hydrogen (secondary N) is 1. The summed E-state index contributed by atoms with van der Waals surface area (Å²) in [7, 11) is 0. The fourth-order valence-corrected chi connectivity index (χ4v) is 2.66. The highest BCUT2D eigenvalue weighted by Crippen LogP contribution is 2.30. The van der Waals surface area contributed by atoms with Crippen molar-refractivity contribution in [2.75, 3.05) is 13.1 Å². The molecule has 21 heavy (non-hydrogen) atoms.